The van der Waals surface area contributed by atoms with Crippen LogP contribution in [0.15, 0.2) is 24.3 Å². The minimum absolute atomic E-state index is 0.0494. The Morgan fingerprint density at radius 1 is 1.40 bits per heavy atom. The topological polar surface area (TPSA) is 93.4 Å². The molecule has 6 heteroatoms. The zero-order valence-corrected chi connectivity index (χ0v) is 10.9. The fraction of sp³-hybridized carbons (Fsp3) is 0.357. The molecule has 0 atom stereocenters. The van der Waals surface area contributed by atoms with Gasteiger partial charge in [-0.25, -0.2) is 0 Å². The molecule has 1 amide bonds. The first-order chi connectivity index (χ1) is 9.58. The Morgan fingerprint density at radius 2 is 2.15 bits per heavy atom. The van der Waals surface area contributed by atoms with Crippen LogP contribution >= 0.6 is 0 Å². The van der Waals surface area contributed by atoms with Crippen molar-refractivity contribution in [2.75, 3.05) is 18.4 Å². The summed E-state index contributed by atoms with van der Waals surface area (Å²) in [5, 5.41) is 20.3. The van der Waals surface area contributed by atoms with Crippen molar-refractivity contribution in [1.29, 1.82) is 5.26 Å². The fourth-order valence-electron chi connectivity index (χ4n) is 1.98. The standard InChI is InChI=1S/C14H15N3O3/c15-7-10-2-1-3-11(6-10)16-13(18)8-17(9-14(19)20)12-4-5-12/h1-3,6,12H,4-5,8-9H2,(H,16,18)(H,19,20). The number of carboxylic acid groups (broad SMARTS) is 1. The van der Waals surface area contributed by atoms with Crippen molar-refractivity contribution < 1.29 is 14.7 Å². The average Bonchev–Trinajstić information content (AvgIpc) is 3.21. The van der Waals surface area contributed by atoms with Crippen LogP contribution in [-0.2, 0) is 9.59 Å². The van der Waals surface area contributed by atoms with Gasteiger partial charge in [0.05, 0.1) is 24.7 Å². The normalized spacial score (nSPS) is 13.8. The van der Waals surface area contributed by atoms with Crippen molar-refractivity contribution >= 4 is 17.6 Å². The first-order valence-electron chi connectivity index (χ1n) is 6.34. The van der Waals surface area contributed by atoms with E-state index in [1.165, 1.54) is 0 Å². The lowest BCUT2D eigenvalue weighted by Crippen LogP contribution is -2.38. The van der Waals surface area contributed by atoms with Crippen molar-refractivity contribution in [2.45, 2.75) is 18.9 Å². The average molecular weight is 273 g/mol. The third kappa shape index (κ3) is 4.07. The molecule has 0 saturated heterocycles. The van der Waals surface area contributed by atoms with Crippen LogP contribution in [0.4, 0.5) is 5.69 Å². The maximum absolute atomic E-state index is 11.9. The molecule has 0 aliphatic heterocycles. The van der Waals surface area contributed by atoms with Crippen LogP contribution in [0, 0.1) is 11.3 Å². The number of carbonyl (C=O) groups is 2. The molecule has 104 valence electrons. The number of anilines is 1. The van der Waals surface area contributed by atoms with Gasteiger partial charge in [0.25, 0.3) is 0 Å². The summed E-state index contributed by atoms with van der Waals surface area (Å²) in [7, 11) is 0. The maximum atomic E-state index is 11.9. The van der Waals surface area contributed by atoms with Crippen LogP contribution in [0.5, 0.6) is 0 Å². The molecule has 20 heavy (non-hydrogen) atoms. The van der Waals surface area contributed by atoms with E-state index in [1.54, 1.807) is 29.2 Å². The number of hydrogen-bond donors (Lipinski definition) is 2. The Labute approximate surface area is 116 Å². The van der Waals surface area contributed by atoms with Crippen molar-refractivity contribution in [2.24, 2.45) is 0 Å². The van der Waals surface area contributed by atoms with E-state index in [-0.39, 0.29) is 25.0 Å². The molecule has 2 rings (SSSR count). The van der Waals surface area contributed by atoms with Crippen LogP contribution < -0.4 is 5.32 Å². The van der Waals surface area contributed by atoms with Crippen molar-refractivity contribution in [3.63, 3.8) is 0 Å². The van der Waals surface area contributed by atoms with E-state index in [0.717, 1.165) is 12.8 Å². The van der Waals surface area contributed by atoms with Crippen molar-refractivity contribution in [3.05, 3.63) is 29.8 Å². The monoisotopic (exact) mass is 273 g/mol. The summed E-state index contributed by atoms with van der Waals surface area (Å²) in [4.78, 5) is 24.3. The molecule has 1 aromatic rings. The van der Waals surface area contributed by atoms with E-state index in [0.29, 0.717) is 11.3 Å². The molecule has 1 aliphatic rings. The van der Waals surface area contributed by atoms with Crippen molar-refractivity contribution in [1.82, 2.24) is 4.90 Å². The van der Waals surface area contributed by atoms with Gasteiger partial charge in [-0.2, -0.15) is 5.26 Å². The van der Waals surface area contributed by atoms with Gasteiger partial charge in [0.1, 0.15) is 0 Å². The molecular weight excluding hydrogens is 258 g/mol. The maximum Gasteiger partial charge on any atom is 0.317 e. The number of aliphatic carboxylic acids is 1. The highest BCUT2D eigenvalue weighted by Crippen LogP contribution is 2.26. The van der Waals surface area contributed by atoms with E-state index in [9.17, 15) is 9.59 Å². The predicted molar refractivity (Wildman–Crippen MR) is 72.0 cm³/mol. The van der Waals surface area contributed by atoms with Gasteiger partial charge in [0.15, 0.2) is 0 Å². The highest BCUT2D eigenvalue weighted by molar-refractivity contribution is 5.92. The van der Waals surface area contributed by atoms with E-state index < -0.39 is 5.97 Å². The Balaban J connectivity index is 1.93. The first-order valence-corrected chi connectivity index (χ1v) is 6.34. The number of hydrogen-bond acceptors (Lipinski definition) is 4. The summed E-state index contributed by atoms with van der Waals surface area (Å²) in [6.45, 7) is -0.0793. The molecule has 1 fully saturated rings. The van der Waals surface area contributed by atoms with Gasteiger partial charge in [0, 0.05) is 11.7 Å². The minimum atomic E-state index is -0.934. The second kappa shape index (κ2) is 6.17. The van der Waals surface area contributed by atoms with E-state index >= 15 is 0 Å². The summed E-state index contributed by atoms with van der Waals surface area (Å²) in [6, 6.07) is 8.80. The second-order valence-electron chi connectivity index (χ2n) is 4.77. The molecule has 1 aromatic carbocycles. The summed E-state index contributed by atoms with van der Waals surface area (Å²) in [5.41, 5.74) is 1.01. The summed E-state index contributed by atoms with van der Waals surface area (Å²) in [6.07, 6.45) is 1.87. The Hall–Kier alpha value is -2.39. The fourth-order valence-corrected chi connectivity index (χ4v) is 1.98. The third-order valence-corrected chi connectivity index (χ3v) is 3.02. The molecule has 1 saturated carbocycles. The van der Waals surface area contributed by atoms with Gasteiger partial charge >= 0.3 is 5.97 Å². The molecule has 0 heterocycles. The quantitative estimate of drug-likeness (QED) is 0.808. The highest BCUT2D eigenvalue weighted by Gasteiger charge is 2.31. The van der Waals surface area contributed by atoms with Gasteiger partial charge in [0.2, 0.25) is 5.91 Å². The number of carboxylic acids is 1. The van der Waals surface area contributed by atoms with Crippen LogP contribution in [-0.4, -0.2) is 41.0 Å². The highest BCUT2D eigenvalue weighted by atomic mass is 16.4. The number of nitriles is 1. The second-order valence-corrected chi connectivity index (χ2v) is 4.77. The first kappa shape index (κ1) is 14.0. The number of amides is 1. The SMILES string of the molecule is N#Cc1cccc(NC(=O)CN(CC(=O)O)C2CC2)c1. The minimum Gasteiger partial charge on any atom is -0.480 e. The molecule has 2 N–H and O–H groups in total. The third-order valence-electron chi connectivity index (χ3n) is 3.02. The zero-order valence-electron chi connectivity index (χ0n) is 10.9. The summed E-state index contributed by atoms with van der Waals surface area (Å²) >= 11 is 0. The van der Waals surface area contributed by atoms with Crippen LogP contribution in [0.1, 0.15) is 18.4 Å². The van der Waals surface area contributed by atoms with Gasteiger partial charge in [-0.3, -0.25) is 14.5 Å². The molecule has 0 bridgehead atoms. The van der Waals surface area contributed by atoms with Gasteiger partial charge < -0.3 is 10.4 Å². The van der Waals surface area contributed by atoms with Crippen LogP contribution in [0.25, 0.3) is 0 Å². The van der Waals surface area contributed by atoms with E-state index in [1.807, 2.05) is 6.07 Å². The largest absolute Gasteiger partial charge is 0.480 e. The van der Waals surface area contributed by atoms with E-state index in [4.69, 9.17) is 10.4 Å². The number of benzene rings is 1. The summed E-state index contributed by atoms with van der Waals surface area (Å²) in [5.74, 6) is -1.20. The molecule has 6 nitrogen and oxygen atoms in total. The zero-order chi connectivity index (χ0) is 14.5. The van der Waals surface area contributed by atoms with Gasteiger partial charge in [-0.1, -0.05) is 6.07 Å². The van der Waals surface area contributed by atoms with Crippen LogP contribution in [0.3, 0.4) is 0 Å². The molecule has 0 spiro atoms. The lowest BCUT2D eigenvalue weighted by Gasteiger charge is -2.18. The number of nitrogens with zero attached hydrogens (tertiary/aromatic N) is 2. The Morgan fingerprint density at radius 3 is 2.75 bits per heavy atom. The molecule has 0 aromatic heterocycles. The number of nitrogens with one attached hydrogen (secondary N) is 1. The molecule has 0 radical (unpaired) electrons. The molecule has 0 unspecified atom stereocenters. The van der Waals surface area contributed by atoms with E-state index in [2.05, 4.69) is 5.32 Å². The summed E-state index contributed by atoms with van der Waals surface area (Å²) < 4.78 is 0. The molecule has 1 aliphatic carbocycles. The predicted octanol–water partition coefficient (Wildman–Crippen LogP) is 1.05. The Bertz CT molecular complexity index is 561. The number of carbonyl (C=O) groups excluding carboxylic acids is 1. The lowest BCUT2D eigenvalue weighted by atomic mass is 10.2. The Kier molecular flexibility index (Phi) is 4.33. The van der Waals surface area contributed by atoms with Gasteiger partial charge in [-0.15, -0.1) is 0 Å². The lowest BCUT2D eigenvalue weighted by molar-refractivity contribution is -0.138. The van der Waals surface area contributed by atoms with Crippen molar-refractivity contribution in [3.8, 4) is 6.07 Å². The smallest absolute Gasteiger partial charge is 0.317 e. The van der Waals surface area contributed by atoms with Gasteiger partial charge in [-0.05, 0) is 31.0 Å². The van der Waals surface area contributed by atoms with Crippen LogP contribution in [0.2, 0.25) is 0 Å². The molecular formula is C14H15N3O3. The number of rotatable bonds is 6.